The molecule has 0 bridgehead atoms. The number of fused-ring (bicyclic) bond motifs is 6. The second kappa shape index (κ2) is 7.02. The summed E-state index contributed by atoms with van der Waals surface area (Å²) in [4.78, 5) is 0. The van der Waals surface area contributed by atoms with Crippen molar-refractivity contribution in [3.8, 4) is 0 Å². The zero-order valence-electron chi connectivity index (χ0n) is 16.1. The van der Waals surface area contributed by atoms with Crippen LogP contribution in [-0.4, -0.2) is 68.7 Å². The lowest BCUT2D eigenvalue weighted by atomic mass is 9.39. The van der Waals surface area contributed by atoms with Gasteiger partial charge in [0.05, 0.1) is 0 Å². The summed E-state index contributed by atoms with van der Waals surface area (Å²) in [6.45, 7) is 17.1. The second-order valence-electron chi connectivity index (χ2n) is 9.14. The molecule has 0 aromatic rings. The second-order valence-corrected chi connectivity index (χ2v) is 9.14. The fourth-order valence-corrected chi connectivity index (χ4v) is 5.98. The molecule has 1 N–H and O–H groups in total. The van der Waals surface area contributed by atoms with E-state index in [4.69, 9.17) is 0 Å². The first-order valence-corrected chi connectivity index (χ1v) is 10.4. The Morgan fingerprint density at radius 2 is 1.12 bits per heavy atom. The SMILES string of the molecule is CC1CCN2B1N1CCC(C)B1N1CCC(C)B21.CC1[B]NCC1. The third kappa shape index (κ3) is 2.91. The molecule has 4 unspecified atom stereocenters. The number of hydrogen-bond acceptors (Lipinski definition) is 4. The van der Waals surface area contributed by atoms with Gasteiger partial charge in [0.2, 0.25) is 7.41 Å². The van der Waals surface area contributed by atoms with Crippen molar-refractivity contribution in [2.45, 2.75) is 76.6 Å². The van der Waals surface area contributed by atoms with Gasteiger partial charge >= 0.3 is 0 Å². The van der Waals surface area contributed by atoms with Gasteiger partial charge in [0.1, 0.15) is 0 Å². The van der Waals surface area contributed by atoms with E-state index >= 15 is 0 Å². The zero-order valence-corrected chi connectivity index (χ0v) is 16.1. The lowest BCUT2D eigenvalue weighted by Gasteiger charge is -2.50. The van der Waals surface area contributed by atoms with E-state index in [9.17, 15) is 0 Å². The standard InChI is InChI=1S/C12H24B3N3.C4H9BN/c1-10-4-7-16-13(10)17-8-5-11(2)15(17)18-9-6-12(3)14(16)18;1-4-2-3-6-5-4/h10-12H,4-9H2,1-3H3;4,6H,2-3H2,1H3. The first-order chi connectivity index (χ1) is 11.6. The Hall–Kier alpha value is 0.0997. The van der Waals surface area contributed by atoms with Crippen molar-refractivity contribution in [3.63, 3.8) is 0 Å². The molecule has 5 heterocycles. The van der Waals surface area contributed by atoms with Gasteiger partial charge in [-0.1, -0.05) is 33.5 Å². The summed E-state index contributed by atoms with van der Waals surface area (Å²) >= 11 is 0. The molecule has 8 heteroatoms. The molecule has 0 saturated carbocycles. The van der Waals surface area contributed by atoms with Crippen LogP contribution in [0.1, 0.15) is 53.4 Å². The molecule has 0 aromatic carbocycles. The van der Waals surface area contributed by atoms with Gasteiger partial charge in [0, 0.05) is 0 Å². The normalized spacial score (nSPS) is 39.4. The first kappa shape index (κ1) is 17.5. The van der Waals surface area contributed by atoms with Gasteiger partial charge in [-0.3, -0.25) is 0 Å². The first-order valence-electron chi connectivity index (χ1n) is 10.4. The Balaban J connectivity index is 0.000000207. The highest BCUT2D eigenvalue weighted by Gasteiger charge is 2.61. The lowest BCUT2D eigenvalue weighted by Crippen LogP contribution is -2.74. The number of nitrogens with zero attached hydrogens (tertiary/aromatic N) is 3. The maximum atomic E-state index is 3.15. The lowest BCUT2D eigenvalue weighted by molar-refractivity contribution is 0.499. The molecular weight excluding hydrogens is 291 g/mol. The third-order valence-corrected chi connectivity index (χ3v) is 7.24. The summed E-state index contributed by atoms with van der Waals surface area (Å²) in [7, 11) is 2.15. The fraction of sp³-hybridized carbons (Fsp3) is 1.00. The average molecular weight is 325 g/mol. The average Bonchev–Trinajstić information content (AvgIpc) is 3.31. The minimum absolute atomic E-state index is 0.752. The Morgan fingerprint density at radius 3 is 1.38 bits per heavy atom. The van der Waals surface area contributed by atoms with Gasteiger partial charge in [-0.15, -0.1) is 0 Å². The van der Waals surface area contributed by atoms with Crippen molar-refractivity contribution in [2.75, 3.05) is 26.2 Å². The van der Waals surface area contributed by atoms with Crippen LogP contribution < -0.4 is 5.23 Å². The van der Waals surface area contributed by atoms with E-state index in [1.165, 1.54) is 51.9 Å². The Bertz CT molecular complexity index is 385. The van der Waals surface area contributed by atoms with Crippen LogP contribution in [0, 0.1) is 0 Å². The highest BCUT2D eigenvalue weighted by atomic mass is 15.3. The molecule has 5 rings (SSSR count). The summed E-state index contributed by atoms with van der Waals surface area (Å²) in [5.41, 5.74) is 0. The van der Waals surface area contributed by atoms with E-state index in [1.807, 2.05) is 0 Å². The highest BCUT2D eigenvalue weighted by Crippen LogP contribution is 2.46. The maximum absolute atomic E-state index is 3.15. The van der Waals surface area contributed by atoms with Crippen LogP contribution in [0.4, 0.5) is 0 Å². The van der Waals surface area contributed by atoms with E-state index in [1.54, 1.807) is 0 Å². The molecule has 129 valence electrons. The van der Waals surface area contributed by atoms with Gasteiger partial charge in [0.15, 0.2) is 0 Å². The van der Waals surface area contributed by atoms with Crippen molar-refractivity contribution in [3.05, 3.63) is 0 Å². The molecule has 4 atom stereocenters. The van der Waals surface area contributed by atoms with Crippen LogP contribution in [0.5, 0.6) is 0 Å². The maximum Gasteiger partial charge on any atom is 0.293 e. The number of rotatable bonds is 0. The number of nitrogens with one attached hydrogen (secondary N) is 1. The summed E-state index contributed by atoms with van der Waals surface area (Å²) in [5, 5.41) is 3.15. The quantitative estimate of drug-likeness (QED) is 0.689. The summed E-state index contributed by atoms with van der Waals surface area (Å²) < 4.78 is 8.53. The molecule has 0 spiro atoms. The molecular formula is C16H33B4N4. The minimum atomic E-state index is 0.752. The van der Waals surface area contributed by atoms with Crippen molar-refractivity contribution in [1.82, 2.24) is 19.4 Å². The highest BCUT2D eigenvalue weighted by molar-refractivity contribution is 6.88. The molecule has 5 saturated heterocycles. The predicted octanol–water partition coefficient (Wildman–Crippen LogP) is 2.16. The van der Waals surface area contributed by atoms with Crippen molar-refractivity contribution < 1.29 is 0 Å². The van der Waals surface area contributed by atoms with Crippen LogP contribution in [0.2, 0.25) is 23.3 Å². The smallest absolute Gasteiger partial charge is 0.293 e. The van der Waals surface area contributed by atoms with Crippen LogP contribution >= 0.6 is 0 Å². The largest absolute Gasteiger partial charge is 0.360 e. The fourth-order valence-electron chi connectivity index (χ4n) is 5.98. The molecule has 5 fully saturated rings. The number of hydrogen-bond donors (Lipinski definition) is 1. The Labute approximate surface area is 151 Å². The molecule has 24 heavy (non-hydrogen) atoms. The van der Waals surface area contributed by atoms with Gasteiger partial charge in [-0.05, 0) is 69.3 Å². The van der Waals surface area contributed by atoms with Crippen LogP contribution in [0.25, 0.3) is 0 Å². The topological polar surface area (TPSA) is 21.8 Å². The van der Waals surface area contributed by atoms with Crippen molar-refractivity contribution in [2.24, 2.45) is 0 Å². The van der Waals surface area contributed by atoms with Gasteiger partial charge < -0.3 is 19.4 Å². The molecule has 5 aliphatic rings. The third-order valence-electron chi connectivity index (χ3n) is 7.24. The van der Waals surface area contributed by atoms with Gasteiger partial charge in [0.25, 0.3) is 20.9 Å². The predicted molar refractivity (Wildman–Crippen MR) is 107 cm³/mol. The van der Waals surface area contributed by atoms with Crippen molar-refractivity contribution >= 4 is 28.4 Å². The van der Waals surface area contributed by atoms with Crippen molar-refractivity contribution in [1.29, 1.82) is 0 Å². The van der Waals surface area contributed by atoms with E-state index in [0.717, 1.165) is 44.2 Å². The Kier molecular flexibility index (Phi) is 5.12. The van der Waals surface area contributed by atoms with Gasteiger partial charge in [-0.25, -0.2) is 0 Å². The van der Waals surface area contributed by atoms with E-state index in [0.29, 0.717) is 0 Å². The summed E-state index contributed by atoms with van der Waals surface area (Å²) in [6.07, 6.45) is 5.53. The van der Waals surface area contributed by atoms with E-state index < -0.39 is 0 Å². The molecule has 0 amide bonds. The molecule has 0 aromatic heterocycles. The molecule has 1 radical (unpaired) electrons. The monoisotopic (exact) mass is 325 g/mol. The molecule has 4 nitrogen and oxygen atoms in total. The summed E-state index contributed by atoms with van der Waals surface area (Å²) in [6, 6.07) is 0. The molecule has 0 aliphatic carbocycles. The van der Waals surface area contributed by atoms with Crippen LogP contribution in [0.3, 0.4) is 0 Å². The van der Waals surface area contributed by atoms with E-state index in [2.05, 4.69) is 54.5 Å². The van der Waals surface area contributed by atoms with Crippen LogP contribution in [-0.2, 0) is 0 Å². The van der Waals surface area contributed by atoms with E-state index in [-0.39, 0.29) is 0 Å². The Morgan fingerprint density at radius 1 is 0.708 bits per heavy atom. The van der Waals surface area contributed by atoms with Gasteiger partial charge in [-0.2, -0.15) is 0 Å². The zero-order chi connectivity index (χ0) is 16.8. The molecule has 5 aliphatic heterocycles. The summed E-state index contributed by atoms with van der Waals surface area (Å²) in [5.74, 6) is 3.42. The van der Waals surface area contributed by atoms with Crippen LogP contribution in [0.15, 0.2) is 0 Å². The minimum Gasteiger partial charge on any atom is -0.360 e.